The number of sulfonamides is 1. The molecule has 0 aliphatic rings. The molecule has 130 valence electrons. The van der Waals surface area contributed by atoms with E-state index in [1.807, 2.05) is 41.1 Å². The summed E-state index contributed by atoms with van der Waals surface area (Å²) in [7, 11) is -2.11. The van der Waals surface area contributed by atoms with Crippen molar-refractivity contribution in [2.75, 3.05) is 12.4 Å². The first kappa shape index (κ1) is 17.2. The van der Waals surface area contributed by atoms with Crippen LogP contribution in [0.4, 0.5) is 5.69 Å². The summed E-state index contributed by atoms with van der Waals surface area (Å²) in [4.78, 5) is 12.3. The Morgan fingerprint density at radius 1 is 1.04 bits per heavy atom. The number of amides is 1. The molecule has 0 bridgehead atoms. The van der Waals surface area contributed by atoms with Crippen LogP contribution in [0.15, 0.2) is 65.7 Å². The van der Waals surface area contributed by atoms with Gasteiger partial charge in [0.1, 0.15) is 0 Å². The number of fused-ring (bicyclic) bond motifs is 1. The molecular weight excluding hydrogens is 338 g/mol. The highest BCUT2D eigenvalue weighted by Crippen LogP contribution is 2.16. The van der Waals surface area contributed by atoms with Crippen molar-refractivity contribution in [3.8, 4) is 0 Å². The first-order valence-electron chi connectivity index (χ1n) is 7.87. The number of aromatic nitrogens is 1. The third-order valence-corrected chi connectivity index (χ3v) is 5.41. The lowest BCUT2D eigenvalue weighted by Gasteiger charge is -2.08. The van der Waals surface area contributed by atoms with Crippen LogP contribution in [0, 0.1) is 0 Å². The number of aryl methyl sites for hydroxylation is 1. The molecule has 0 unspecified atom stereocenters. The molecule has 0 fully saturated rings. The Kier molecular flexibility index (Phi) is 4.87. The summed E-state index contributed by atoms with van der Waals surface area (Å²) in [5.74, 6) is -0.123. The Labute approximate surface area is 146 Å². The van der Waals surface area contributed by atoms with E-state index >= 15 is 0 Å². The molecule has 0 aliphatic carbocycles. The molecule has 0 saturated heterocycles. The molecule has 1 amide bonds. The molecule has 1 aromatic heterocycles. The molecule has 7 heteroatoms. The Morgan fingerprint density at radius 3 is 2.48 bits per heavy atom. The minimum atomic E-state index is -3.47. The highest BCUT2D eigenvalue weighted by atomic mass is 32.2. The van der Waals surface area contributed by atoms with Crippen LogP contribution in [-0.4, -0.2) is 25.9 Å². The first-order chi connectivity index (χ1) is 12.0. The van der Waals surface area contributed by atoms with Gasteiger partial charge in [0, 0.05) is 30.4 Å². The standard InChI is InChI=1S/C18H19N3O3S/c1-19-25(23,24)16-8-6-15(7-9-16)20-18(22)11-13-21-12-10-14-4-2-3-5-17(14)21/h2-10,12,19H,11,13H2,1H3,(H,20,22). The lowest BCUT2D eigenvalue weighted by atomic mass is 10.2. The van der Waals surface area contributed by atoms with Gasteiger partial charge in [0.25, 0.3) is 0 Å². The Bertz CT molecular complexity index is 992. The van der Waals surface area contributed by atoms with Crippen molar-refractivity contribution in [1.82, 2.24) is 9.29 Å². The van der Waals surface area contributed by atoms with Gasteiger partial charge in [-0.2, -0.15) is 0 Å². The van der Waals surface area contributed by atoms with E-state index in [4.69, 9.17) is 0 Å². The topological polar surface area (TPSA) is 80.2 Å². The van der Waals surface area contributed by atoms with E-state index in [1.54, 1.807) is 12.1 Å². The van der Waals surface area contributed by atoms with E-state index < -0.39 is 10.0 Å². The molecule has 2 N–H and O–H groups in total. The zero-order valence-corrected chi connectivity index (χ0v) is 14.6. The summed E-state index contributed by atoms with van der Waals surface area (Å²) in [5, 5.41) is 3.92. The summed E-state index contributed by atoms with van der Waals surface area (Å²) in [6, 6.07) is 16.1. The number of nitrogens with zero attached hydrogens (tertiary/aromatic N) is 1. The van der Waals surface area contributed by atoms with Crippen LogP contribution in [0.2, 0.25) is 0 Å². The molecule has 1 heterocycles. The number of benzene rings is 2. The lowest BCUT2D eigenvalue weighted by molar-refractivity contribution is -0.116. The Balaban J connectivity index is 1.61. The monoisotopic (exact) mass is 357 g/mol. The molecule has 0 saturated carbocycles. The average Bonchev–Trinajstić information content (AvgIpc) is 3.04. The van der Waals surface area contributed by atoms with Crippen LogP contribution >= 0.6 is 0 Å². The lowest BCUT2D eigenvalue weighted by Crippen LogP contribution is -2.18. The summed E-state index contributed by atoms with van der Waals surface area (Å²) >= 11 is 0. The molecule has 3 aromatic rings. The van der Waals surface area contributed by atoms with Crippen molar-refractivity contribution >= 4 is 32.5 Å². The molecular formula is C18H19N3O3S. The number of hydrogen-bond acceptors (Lipinski definition) is 3. The van der Waals surface area contributed by atoms with Crippen molar-refractivity contribution in [3.05, 3.63) is 60.8 Å². The second kappa shape index (κ2) is 7.08. The first-order valence-corrected chi connectivity index (χ1v) is 9.35. The SMILES string of the molecule is CNS(=O)(=O)c1ccc(NC(=O)CCn2ccc3ccccc32)cc1. The fourth-order valence-electron chi connectivity index (χ4n) is 2.62. The van der Waals surface area contributed by atoms with E-state index in [2.05, 4.69) is 10.0 Å². The minimum absolute atomic E-state index is 0.123. The molecule has 2 aromatic carbocycles. The van der Waals surface area contributed by atoms with E-state index in [0.717, 1.165) is 10.9 Å². The zero-order chi connectivity index (χ0) is 17.9. The Morgan fingerprint density at radius 2 is 1.76 bits per heavy atom. The van der Waals surface area contributed by atoms with E-state index in [1.165, 1.54) is 19.2 Å². The number of carbonyl (C=O) groups is 1. The maximum Gasteiger partial charge on any atom is 0.240 e. The minimum Gasteiger partial charge on any atom is -0.347 e. The number of anilines is 1. The van der Waals surface area contributed by atoms with Crippen molar-refractivity contribution in [2.45, 2.75) is 17.9 Å². The highest BCUT2D eigenvalue weighted by Gasteiger charge is 2.11. The van der Waals surface area contributed by atoms with Crippen molar-refractivity contribution in [1.29, 1.82) is 0 Å². The summed E-state index contributed by atoms with van der Waals surface area (Å²) < 4.78 is 27.6. The molecule has 3 rings (SSSR count). The van der Waals surface area contributed by atoms with Gasteiger partial charge in [-0.1, -0.05) is 18.2 Å². The quantitative estimate of drug-likeness (QED) is 0.711. The fourth-order valence-corrected chi connectivity index (χ4v) is 3.35. The molecule has 25 heavy (non-hydrogen) atoms. The molecule has 0 radical (unpaired) electrons. The van der Waals surface area contributed by atoms with Crippen LogP contribution in [0.5, 0.6) is 0 Å². The van der Waals surface area contributed by atoms with Crippen LogP contribution in [-0.2, 0) is 21.4 Å². The van der Waals surface area contributed by atoms with Crippen LogP contribution < -0.4 is 10.0 Å². The van der Waals surface area contributed by atoms with Gasteiger partial charge in [0.2, 0.25) is 15.9 Å². The number of para-hydroxylation sites is 1. The smallest absolute Gasteiger partial charge is 0.240 e. The van der Waals surface area contributed by atoms with Gasteiger partial charge < -0.3 is 9.88 Å². The Hall–Kier alpha value is -2.64. The second-order valence-corrected chi connectivity index (χ2v) is 7.48. The predicted octanol–water partition coefficient (Wildman–Crippen LogP) is 2.58. The van der Waals surface area contributed by atoms with Gasteiger partial charge >= 0.3 is 0 Å². The zero-order valence-electron chi connectivity index (χ0n) is 13.8. The van der Waals surface area contributed by atoms with Gasteiger partial charge in [-0.25, -0.2) is 13.1 Å². The number of rotatable bonds is 6. The van der Waals surface area contributed by atoms with Gasteiger partial charge in [0.05, 0.1) is 4.90 Å². The summed E-state index contributed by atoms with van der Waals surface area (Å²) in [6.07, 6.45) is 2.30. The van der Waals surface area contributed by atoms with E-state index in [0.29, 0.717) is 18.7 Å². The van der Waals surface area contributed by atoms with E-state index in [-0.39, 0.29) is 10.8 Å². The van der Waals surface area contributed by atoms with Gasteiger partial charge in [-0.3, -0.25) is 4.79 Å². The van der Waals surface area contributed by atoms with Crippen molar-refractivity contribution in [3.63, 3.8) is 0 Å². The van der Waals surface area contributed by atoms with Crippen molar-refractivity contribution in [2.24, 2.45) is 0 Å². The summed E-state index contributed by atoms with van der Waals surface area (Å²) in [5.41, 5.74) is 1.66. The van der Waals surface area contributed by atoms with Crippen molar-refractivity contribution < 1.29 is 13.2 Å². The van der Waals surface area contributed by atoms with Gasteiger partial charge in [-0.15, -0.1) is 0 Å². The van der Waals surface area contributed by atoms with Gasteiger partial charge in [0.15, 0.2) is 0 Å². The second-order valence-electron chi connectivity index (χ2n) is 5.60. The largest absolute Gasteiger partial charge is 0.347 e. The molecule has 6 nitrogen and oxygen atoms in total. The number of nitrogens with one attached hydrogen (secondary N) is 2. The highest BCUT2D eigenvalue weighted by molar-refractivity contribution is 7.89. The fraction of sp³-hybridized carbons (Fsp3) is 0.167. The normalized spacial score (nSPS) is 11.6. The van der Waals surface area contributed by atoms with E-state index in [9.17, 15) is 13.2 Å². The number of carbonyl (C=O) groups excluding carboxylic acids is 1. The van der Waals surface area contributed by atoms with Crippen LogP contribution in [0.1, 0.15) is 6.42 Å². The van der Waals surface area contributed by atoms with Crippen LogP contribution in [0.3, 0.4) is 0 Å². The summed E-state index contributed by atoms with van der Waals surface area (Å²) in [6.45, 7) is 0.575. The third-order valence-electron chi connectivity index (χ3n) is 3.98. The number of hydrogen-bond donors (Lipinski definition) is 2. The predicted molar refractivity (Wildman–Crippen MR) is 97.9 cm³/mol. The molecule has 0 atom stereocenters. The van der Waals surface area contributed by atoms with Gasteiger partial charge in [-0.05, 0) is 48.8 Å². The third kappa shape index (κ3) is 3.89. The molecule has 0 aliphatic heterocycles. The molecule has 0 spiro atoms. The maximum absolute atomic E-state index is 12.1. The van der Waals surface area contributed by atoms with Crippen LogP contribution in [0.25, 0.3) is 10.9 Å². The maximum atomic E-state index is 12.1. The average molecular weight is 357 g/mol.